The number of aromatic amines is 1. The lowest BCUT2D eigenvalue weighted by molar-refractivity contribution is 0.102. The third-order valence-electron chi connectivity index (χ3n) is 4.56. The maximum Gasteiger partial charge on any atom is 0.259 e. The first-order valence-electron chi connectivity index (χ1n) is 8.97. The number of anilines is 2. The van der Waals surface area contributed by atoms with E-state index in [1.807, 2.05) is 30.3 Å². The Morgan fingerprint density at radius 1 is 1.19 bits per heavy atom. The molecule has 0 spiro atoms. The van der Waals surface area contributed by atoms with Crippen LogP contribution in [0.5, 0.6) is 0 Å². The van der Waals surface area contributed by atoms with E-state index in [1.54, 1.807) is 12.3 Å². The molecule has 0 radical (unpaired) electrons. The molecule has 1 aliphatic heterocycles. The van der Waals surface area contributed by atoms with Crippen LogP contribution in [0.15, 0.2) is 42.6 Å². The Hall–Kier alpha value is -3.26. The summed E-state index contributed by atoms with van der Waals surface area (Å²) in [5, 5.41) is 9.86. The van der Waals surface area contributed by atoms with Gasteiger partial charge in [-0.2, -0.15) is 5.10 Å². The van der Waals surface area contributed by atoms with Crippen LogP contribution in [0.2, 0.25) is 0 Å². The number of benzene rings is 1. The average Bonchev–Trinajstić information content (AvgIpc) is 3.40. The fourth-order valence-electron chi connectivity index (χ4n) is 3.17. The van der Waals surface area contributed by atoms with Crippen LogP contribution in [0.3, 0.4) is 0 Å². The second-order valence-corrected chi connectivity index (χ2v) is 6.41. The predicted molar refractivity (Wildman–Crippen MR) is 103 cm³/mol. The summed E-state index contributed by atoms with van der Waals surface area (Å²) in [6, 6.07) is 11.0. The number of hydrogen-bond donors (Lipinski definition) is 3. The van der Waals surface area contributed by atoms with Gasteiger partial charge in [0.1, 0.15) is 11.6 Å². The Balaban J connectivity index is 1.50. The van der Waals surface area contributed by atoms with Crippen LogP contribution in [-0.2, 0) is 6.54 Å². The minimum absolute atomic E-state index is 0.166. The number of nitrogens with zero attached hydrogens (tertiary/aromatic N) is 4. The molecule has 0 saturated carbocycles. The molecule has 27 heavy (non-hydrogen) atoms. The Labute approximate surface area is 156 Å². The molecule has 1 fully saturated rings. The third-order valence-corrected chi connectivity index (χ3v) is 4.56. The van der Waals surface area contributed by atoms with E-state index in [2.05, 4.69) is 30.4 Å². The number of carbonyl (C=O) groups is 1. The smallest absolute Gasteiger partial charge is 0.259 e. The number of amides is 1. The maximum atomic E-state index is 12.8. The minimum atomic E-state index is -0.166. The van der Waals surface area contributed by atoms with Gasteiger partial charge in [-0.25, -0.2) is 9.97 Å². The van der Waals surface area contributed by atoms with Gasteiger partial charge in [0.2, 0.25) is 0 Å². The molecule has 1 amide bonds. The van der Waals surface area contributed by atoms with Crippen molar-refractivity contribution in [2.45, 2.75) is 19.4 Å². The molecule has 1 aliphatic rings. The van der Waals surface area contributed by atoms with Crippen LogP contribution in [0.25, 0.3) is 11.4 Å². The first-order chi connectivity index (χ1) is 13.2. The van der Waals surface area contributed by atoms with Crippen molar-refractivity contribution in [3.63, 3.8) is 0 Å². The van der Waals surface area contributed by atoms with Crippen LogP contribution < -0.4 is 16.0 Å². The Morgan fingerprint density at radius 2 is 1.96 bits per heavy atom. The number of nitrogens with one attached hydrogen (secondary N) is 2. The zero-order valence-electron chi connectivity index (χ0n) is 14.9. The monoisotopic (exact) mass is 363 g/mol. The van der Waals surface area contributed by atoms with Crippen molar-refractivity contribution in [3.05, 3.63) is 54.0 Å². The lowest BCUT2D eigenvalue weighted by Crippen LogP contribution is -2.24. The molecular formula is C19H21N7O. The number of hydrogen-bond acceptors (Lipinski definition) is 6. The molecule has 3 heterocycles. The Morgan fingerprint density at radius 3 is 2.67 bits per heavy atom. The zero-order chi connectivity index (χ0) is 18.6. The molecule has 2 aromatic heterocycles. The molecule has 8 nitrogen and oxygen atoms in total. The van der Waals surface area contributed by atoms with Crippen LogP contribution >= 0.6 is 0 Å². The van der Waals surface area contributed by atoms with E-state index < -0.39 is 0 Å². The van der Waals surface area contributed by atoms with Crippen LogP contribution in [0, 0.1) is 0 Å². The summed E-state index contributed by atoms with van der Waals surface area (Å²) in [5.41, 5.74) is 7.68. The third kappa shape index (κ3) is 3.65. The van der Waals surface area contributed by atoms with E-state index in [1.165, 1.54) is 0 Å². The van der Waals surface area contributed by atoms with E-state index in [0.717, 1.165) is 37.3 Å². The van der Waals surface area contributed by atoms with Crippen molar-refractivity contribution >= 4 is 17.4 Å². The second-order valence-electron chi connectivity index (χ2n) is 6.41. The summed E-state index contributed by atoms with van der Waals surface area (Å²) >= 11 is 0. The van der Waals surface area contributed by atoms with Gasteiger partial charge in [0, 0.05) is 30.5 Å². The predicted octanol–water partition coefficient (Wildman–Crippen LogP) is 2.18. The molecule has 4 rings (SSSR count). The molecule has 1 aromatic carbocycles. The number of pyridine rings is 1. The Bertz CT molecular complexity index is 929. The van der Waals surface area contributed by atoms with Crippen molar-refractivity contribution < 1.29 is 4.79 Å². The van der Waals surface area contributed by atoms with Gasteiger partial charge in [0.05, 0.1) is 12.1 Å². The van der Waals surface area contributed by atoms with Gasteiger partial charge in [0.15, 0.2) is 5.82 Å². The van der Waals surface area contributed by atoms with Crippen molar-refractivity contribution in [1.82, 2.24) is 20.2 Å². The number of H-pyrrole nitrogens is 1. The average molecular weight is 363 g/mol. The molecule has 3 aromatic rings. The molecule has 0 atom stereocenters. The molecular weight excluding hydrogens is 342 g/mol. The molecule has 0 bridgehead atoms. The highest BCUT2D eigenvalue weighted by molar-refractivity contribution is 6.07. The molecule has 4 N–H and O–H groups in total. The van der Waals surface area contributed by atoms with Gasteiger partial charge >= 0.3 is 0 Å². The van der Waals surface area contributed by atoms with Crippen molar-refractivity contribution in [1.29, 1.82) is 0 Å². The van der Waals surface area contributed by atoms with E-state index in [4.69, 9.17) is 5.73 Å². The number of nitrogens with two attached hydrogens (primary N) is 1. The summed E-state index contributed by atoms with van der Waals surface area (Å²) in [4.78, 5) is 23.7. The van der Waals surface area contributed by atoms with Gasteiger partial charge < -0.3 is 16.0 Å². The molecule has 1 saturated heterocycles. The normalized spacial score (nSPS) is 13.7. The first-order valence-corrected chi connectivity index (χ1v) is 8.97. The van der Waals surface area contributed by atoms with E-state index in [-0.39, 0.29) is 5.91 Å². The van der Waals surface area contributed by atoms with Crippen molar-refractivity contribution in [2.75, 3.05) is 23.3 Å². The van der Waals surface area contributed by atoms with Crippen molar-refractivity contribution in [2.24, 2.45) is 5.73 Å². The van der Waals surface area contributed by atoms with E-state index >= 15 is 0 Å². The molecule has 0 aliphatic carbocycles. The zero-order valence-corrected chi connectivity index (χ0v) is 14.9. The standard InChI is InChI=1S/C19H21N7O/c20-12-16-23-17(25-24-16)13-5-7-14(8-6-13)22-19(27)15-4-3-9-21-18(15)26-10-1-2-11-26/h3-9H,1-2,10-12,20H2,(H,22,27)(H,23,24,25). The lowest BCUT2D eigenvalue weighted by Gasteiger charge is -2.19. The quantitative estimate of drug-likeness (QED) is 0.640. The summed E-state index contributed by atoms with van der Waals surface area (Å²) in [6.45, 7) is 2.19. The van der Waals surface area contributed by atoms with Crippen LogP contribution in [0.1, 0.15) is 29.0 Å². The summed E-state index contributed by atoms with van der Waals surface area (Å²) in [7, 11) is 0. The number of aromatic nitrogens is 4. The topological polar surface area (TPSA) is 113 Å². The first kappa shape index (κ1) is 17.2. The van der Waals surface area contributed by atoms with Gasteiger partial charge in [-0.05, 0) is 49.2 Å². The summed E-state index contributed by atoms with van der Waals surface area (Å²) in [5.74, 6) is 1.80. The van der Waals surface area contributed by atoms with Gasteiger partial charge in [0.25, 0.3) is 5.91 Å². The lowest BCUT2D eigenvalue weighted by atomic mass is 10.2. The summed E-state index contributed by atoms with van der Waals surface area (Å²) < 4.78 is 0. The number of carbonyl (C=O) groups excluding carboxylic acids is 1. The van der Waals surface area contributed by atoms with Crippen LogP contribution in [-0.4, -0.2) is 39.2 Å². The molecule has 0 unspecified atom stereocenters. The van der Waals surface area contributed by atoms with Gasteiger partial charge in [-0.3, -0.25) is 9.89 Å². The molecule has 138 valence electrons. The summed E-state index contributed by atoms with van der Waals surface area (Å²) in [6.07, 6.45) is 3.99. The fourth-order valence-corrected chi connectivity index (χ4v) is 3.17. The van der Waals surface area contributed by atoms with E-state index in [9.17, 15) is 4.79 Å². The Kier molecular flexibility index (Phi) is 4.80. The van der Waals surface area contributed by atoms with Gasteiger partial charge in [-0.15, -0.1) is 0 Å². The maximum absolute atomic E-state index is 12.8. The minimum Gasteiger partial charge on any atom is -0.356 e. The van der Waals surface area contributed by atoms with Crippen molar-refractivity contribution in [3.8, 4) is 11.4 Å². The molecule has 8 heteroatoms. The second kappa shape index (κ2) is 7.55. The number of rotatable bonds is 5. The SMILES string of the molecule is NCc1nc(-c2ccc(NC(=O)c3cccnc3N3CCCC3)cc2)n[nH]1. The fraction of sp³-hybridized carbons (Fsp3) is 0.263. The van der Waals surface area contributed by atoms with Gasteiger partial charge in [-0.1, -0.05) is 0 Å². The largest absolute Gasteiger partial charge is 0.356 e. The highest BCUT2D eigenvalue weighted by atomic mass is 16.1. The highest BCUT2D eigenvalue weighted by Crippen LogP contribution is 2.23. The highest BCUT2D eigenvalue weighted by Gasteiger charge is 2.20. The van der Waals surface area contributed by atoms with Crippen LogP contribution in [0.4, 0.5) is 11.5 Å². The van der Waals surface area contributed by atoms with E-state index in [0.29, 0.717) is 29.4 Å².